The largest absolute Gasteiger partial charge is 0.483 e. The average Bonchev–Trinajstić information content (AvgIpc) is 0.759. The van der Waals surface area contributed by atoms with Crippen molar-refractivity contribution in [3.05, 3.63) is 208 Å². The van der Waals surface area contributed by atoms with Gasteiger partial charge in [-0.1, -0.05) is 207 Å². The van der Waals surface area contributed by atoms with Gasteiger partial charge in [-0.25, -0.2) is 0 Å². The number of benzene rings is 6. The van der Waals surface area contributed by atoms with Crippen LogP contribution in [0.4, 0.5) is 0 Å². The second-order valence-electron chi connectivity index (χ2n) is 23.8. The minimum atomic E-state index is -2.62. The van der Waals surface area contributed by atoms with Crippen LogP contribution in [0.3, 0.4) is 0 Å². The van der Waals surface area contributed by atoms with Crippen molar-refractivity contribution in [1.29, 1.82) is 0 Å². The fraction of sp³-hybridized carbons (Fsp3) is 0.471. The van der Waals surface area contributed by atoms with Crippen LogP contribution < -0.4 is 4.74 Å². The van der Waals surface area contributed by atoms with Gasteiger partial charge in [0, 0.05) is 27.2 Å². The van der Waals surface area contributed by atoms with Crippen molar-refractivity contribution in [3.8, 4) is 5.75 Å². The van der Waals surface area contributed by atoms with Crippen molar-refractivity contribution < 1.29 is 131 Å². The maximum absolute atomic E-state index is 12.1. The number of aliphatic hydroxyl groups excluding tert-OH is 19. The van der Waals surface area contributed by atoms with Crippen LogP contribution in [0.25, 0.3) is 0 Å². The first-order chi connectivity index (χ1) is 44.9. The molecule has 96 heavy (non-hydrogen) atoms. The highest BCUT2D eigenvalue weighted by Crippen LogP contribution is 2.46. The Labute approximate surface area is 563 Å². The van der Waals surface area contributed by atoms with Crippen LogP contribution in [0.1, 0.15) is 112 Å². The molecule has 0 saturated carbocycles. The molecule has 0 bridgehead atoms. The fourth-order valence-corrected chi connectivity index (χ4v) is 9.05. The zero-order chi connectivity index (χ0) is 73.7. The van der Waals surface area contributed by atoms with E-state index in [0.717, 1.165) is 38.9 Å². The van der Waals surface area contributed by atoms with E-state index in [1.165, 1.54) is 11.1 Å². The second-order valence-corrected chi connectivity index (χ2v) is 24.9. The number of rotatable bonds is 26. The van der Waals surface area contributed by atoms with Crippen molar-refractivity contribution >= 4 is 17.2 Å². The lowest BCUT2D eigenvalue weighted by Crippen LogP contribution is -2.39. The van der Waals surface area contributed by atoms with E-state index in [4.69, 9.17) is 116 Å². The van der Waals surface area contributed by atoms with Crippen molar-refractivity contribution in [2.75, 3.05) is 59.5 Å². The van der Waals surface area contributed by atoms with Gasteiger partial charge in [-0.15, -0.1) is 0 Å². The molecular weight excluding hydrogens is 1290 g/mol. The van der Waals surface area contributed by atoms with Crippen LogP contribution >= 0.6 is 17.2 Å². The van der Waals surface area contributed by atoms with Crippen LogP contribution in [-0.4, -0.2) is 247 Å². The minimum Gasteiger partial charge on any atom is -0.483 e. The predicted molar refractivity (Wildman–Crippen MR) is 362 cm³/mol. The van der Waals surface area contributed by atoms with Gasteiger partial charge in [0.25, 0.3) is 0 Å². The standard InChI is InChI=1S/C52H58O4.4C4H10O4.2H3O3P/c1-49(2,36-21-13-9-14-22-36)40-29-31-42(43(33-40)51(5,6)38-25-17-11-18-26-38)48(47(55)45(54)35-53)56-46-32-30-41(50(3,4)37-23-15-10-16-24-37)34-44(46)52(7,8)39-27-19-12-20-28-39;4*5-1-3(7)4(8)2-6;2*1-4(2)3/h9-34,45,47-48,53-55H,35H2,1-8H3;4*3-8H,1-2H2;2*1-3H/t45-,47-,48?;4*3-,4+;;/m1....../s1. The summed E-state index contributed by atoms with van der Waals surface area (Å²) < 4.78 is 7.16. The Morgan fingerprint density at radius 2 is 0.500 bits per heavy atom. The van der Waals surface area contributed by atoms with E-state index in [0.29, 0.717) is 5.75 Å². The van der Waals surface area contributed by atoms with Gasteiger partial charge in [-0.2, -0.15) is 0 Å². The molecule has 28 heteroatoms. The Kier molecular flexibility index (Phi) is 43.9. The molecule has 26 nitrogen and oxygen atoms in total. The molecule has 11 atom stereocenters. The van der Waals surface area contributed by atoms with Gasteiger partial charge < -0.3 is 131 Å². The van der Waals surface area contributed by atoms with Crippen LogP contribution in [-0.2, 0) is 21.7 Å². The zero-order valence-corrected chi connectivity index (χ0v) is 57.0. The summed E-state index contributed by atoms with van der Waals surface area (Å²) in [6.07, 6.45) is -13.7. The predicted octanol–water partition coefficient (Wildman–Crippen LogP) is -0.0240. The van der Waals surface area contributed by atoms with Gasteiger partial charge in [-0.3, -0.25) is 0 Å². The molecule has 0 amide bonds. The van der Waals surface area contributed by atoms with Crippen LogP contribution in [0, 0.1) is 0 Å². The number of hydrogen-bond donors (Lipinski definition) is 25. The highest BCUT2D eigenvalue weighted by Gasteiger charge is 2.39. The SMILES string of the molecule is CC(C)(c1ccccc1)c1ccc(OC(c2ccc(C(C)(C)c3ccccc3)cc2C(C)(C)c2ccccc2)[C@H](O)[C@H](O)CO)c(C(C)(C)c2ccccc2)c1.OC[C@@H](O)[C@@H](O)CO.OC[C@@H](O)[C@@H](O)CO.OC[C@@H](O)[C@@H](O)CO.OC[C@@H](O)[C@@H](O)CO.OP(O)O.OP(O)O. The number of aliphatic hydroxyl groups is 19. The summed E-state index contributed by atoms with van der Waals surface area (Å²) in [5.74, 6) is 0.595. The summed E-state index contributed by atoms with van der Waals surface area (Å²) in [5, 5.41) is 166. The van der Waals surface area contributed by atoms with Crippen molar-refractivity contribution in [1.82, 2.24) is 0 Å². The minimum absolute atomic E-state index is 0.318. The lowest BCUT2D eigenvalue weighted by Gasteiger charge is -2.37. The Morgan fingerprint density at radius 1 is 0.281 bits per heavy atom. The third-order valence-electron chi connectivity index (χ3n) is 15.5. The number of ether oxygens (including phenoxy) is 1. The van der Waals surface area contributed by atoms with Gasteiger partial charge in [-0.05, 0) is 50.6 Å². The molecular formula is C68H104O26P2. The maximum Gasteiger partial charge on any atom is 0.324 e. The molecule has 0 fully saturated rings. The third-order valence-corrected chi connectivity index (χ3v) is 15.5. The van der Waals surface area contributed by atoms with E-state index >= 15 is 0 Å². The molecule has 0 heterocycles. The molecule has 0 spiro atoms. The summed E-state index contributed by atoms with van der Waals surface area (Å²) in [5.41, 5.74) is 7.78. The molecule has 0 saturated heterocycles. The maximum atomic E-state index is 12.1. The summed E-state index contributed by atoms with van der Waals surface area (Å²) in [6.45, 7) is 12.9. The van der Waals surface area contributed by atoms with Crippen LogP contribution in [0.15, 0.2) is 158 Å². The quantitative estimate of drug-likeness (QED) is 0.0317. The van der Waals surface area contributed by atoms with E-state index in [1.54, 1.807) is 0 Å². The highest BCUT2D eigenvalue weighted by molar-refractivity contribution is 7.38. The topological polar surface area (TPSA) is 515 Å². The van der Waals surface area contributed by atoms with E-state index < -0.39 is 155 Å². The lowest BCUT2D eigenvalue weighted by atomic mass is 9.70. The molecule has 0 aliphatic heterocycles. The molecule has 6 rings (SSSR count). The first kappa shape index (κ1) is 91.0. The molecule has 25 N–H and O–H groups in total. The van der Waals surface area contributed by atoms with Gasteiger partial charge in [0.05, 0.1) is 59.5 Å². The Bertz CT molecular complexity index is 2830. The highest BCUT2D eigenvalue weighted by atomic mass is 31.2. The van der Waals surface area contributed by atoms with E-state index in [-0.39, 0.29) is 10.8 Å². The Hall–Kier alpha value is -5.02. The molecule has 6 aromatic rings. The summed E-state index contributed by atoms with van der Waals surface area (Å²) in [4.78, 5) is 43.4. The van der Waals surface area contributed by atoms with E-state index in [2.05, 4.69) is 165 Å². The van der Waals surface area contributed by atoms with E-state index in [9.17, 15) is 15.3 Å². The normalized spacial score (nSPS) is 15.0. The van der Waals surface area contributed by atoms with E-state index in [1.807, 2.05) is 48.5 Å². The summed E-state index contributed by atoms with van der Waals surface area (Å²) in [6, 6.07) is 54.5. The second kappa shape index (κ2) is 46.3. The third kappa shape index (κ3) is 30.2. The van der Waals surface area contributed by atoms with Gasteiger partial charge in [0.1, 0.15) is 66.8 Å². The van der Waals surface area contributed by atoms with Gasteiger partial charge in [0.15, 0.2) is 6.10 Å². The molecule has 6 aromatic carbocycles. The zero-order valence-electron chi connectivity index (χ0n) is 55.2. The monoisotopic (exact) mass is 1400 g/mol. The molecule has 0 aromatic heterocycles. The number of hydrogen-bond acceptors (Lipinski definition) is 26. The molecule has 542 valence electrons. The van der Waals surface area contributed by atoms with Crippen LogP contribution in [0.2, 0.25) is 0 Å². The average molecular weight is 1400 g/mol. The summed E-state index contributed by atoms with van der Waals surface area (Å²) >= 11 is 0. The van der Waals surface area contributed by atoms with Crippen molar-refractivity contribution in [3.63, 3.8) is 0 Å². The lowest BCUT2D eigenvalue weighted by molar-refractivity contribution is -0.0697. The van der Waals surface area contributed by atoms with Gasteiger partial charge in [0.2, 0.25) is 0 Å². The first-order valence-corrected chi connectivity index (χ1v) is 32.5. The van der Waals surface area contributed by atoms with Crippen molar-refractivity contribution in [2.45, 2.75) is 144 Å². The van der Waals surface area contributed by atoms with Crippen LogP contribution in [0.5, 0.6) is 5.75 Å². The molecule has 1 unspecified atom stereocenters. The summed E-state index contributed by atoms with van der Waals surface area (Å²) in [7, 11) is -5.24. The first-order valence-electron chi connectivity index (χ1n) is 30.1. The Balaban J connectivity index is 0.00000181. The fourth-order valence-electron chi connectivity index (χ4n) is 9.05. The Morgan fingerprint density at radius 3 is 0.750 bits per heavy atom. The van der Waals surface area contributed by atoms with Gasteiger partial charge >= 0.3 is 17.2 Å². The smallest absolute Gasteiger partial charge is 0.324 e. The molecule has 0 aliphatic rings. The van der Waals surface area contributed by atoms with Crippen molar-refractivity contribution in [2.24, 2.45) is 0 Å². The molecule has 0 aliphatic carbocycles. The molecule has 0 radical (unpaired) electrons.